The fraction of sp³-hybridized carbons (Fsp3) is 0.333. The molecule has 0 atom stereocenters. The molecule has 3 heterocycles. The molecule has 0 spiro atoms. The van der Waals surface area contributed by atoms with Crippen molar-refractivity contribution >= 4 is 11.9 Å². The van der Waals surface area contributed by atoms with Gasteiger partial charge in [0.1, 0.15) is 5.82 Å². The van der Waals surface area contributed by atoms with Gasteiger partial charge in [0.15, 0.2) is 5.82 Å². The van der Waals surface area contributed by atoms with E-state index in [-0.39, 0.29) is 24.9 Å². The highest BCUT2D eigenvalue weighted by molar-refractivity contribution is 5.82. The number of imidazole rings is 1. The predicted octanol–water partition coefficient (Wildman–Crippen LogP) is 4.01. The van der Waals surface area contributed by atoms with Crippen LogP contribution in [0.2, 0.25) is 0 Å². The molecule has 4 aromatic rings. The number of nitrogens with one attached hydrogen (secondary N) is 3. The second kappa shape index (κ2) is 12.5. The standard InChI is InChI=1S/C30H34FN7O3/c1-30(28(39)34-17-20-7-5-4-6-8-20)18-40-27(41-19-30)26-36-24(21-9-11-22(31)12-10-21)25(37-26)23-13-14-32-29(35-23)33-15-16-38(2)3/h4-14,27H,15-19H2,1-3H3,(H,34,39)(H,36,37)(H,32,33,35). The zero-order valence-corrected chi connectivity index (χ0v) is 23.4. The molecule has 41 heavy (non-hydrogen) atoms. The van der Waals surface area contributed by atoms with E-state index in [1.54, 1.807) is 24.4 Å². The van der Waals surface area contributed by atoms with E-state index in [1.165, 1.54) is 12.1 Å². The summed E-state index contributed by atoms with van der Waals surface area (Å²) in [5.74, 6) is 0.409. The number of benzene rings is 2. The third kappa shape index (κ3) is 6.94. The van der Waals surface area contributed by atoms with Crippen LogP contribution in [-0.2, 0) is 20.8 Å². The van der Waals surface area contributed by atoms with E-state index in [0.29, 0.717) is 47.5 Å². The molecule has 0 saturated carbocycles. The Hall–Kier alpha value is -4.19. The summed E-state index contributed by atoms with van der Waals surface area (Å²) >= 11 is 0. The van der Waals surface area contributed by atoms with Crippen molar-refractivity contribution in [1.29, 1.82) is 0 Å². The number of likely N-dealkylation sites (N-methyl/N-ethyl adjacent to an activating group) is 1. The molecular weight excluding hydrogens is 525 g/mol. The first-order chi connectivity index (χ1) is 19.8. The predicted molar refractivity (Wildman–Crippen MR) is 153 cm³/mol. The number of aromatic amines is 1. The maximum absolute atomic E-state index is 13.7. The molecule has 0 bridgehead atoms. The van der Waals surface area contributed by atoms with Crippen LogP contribution in [0.4, 0.5) is 10.3 Å². The molecule has 2 aromatic heterocycles. The van der Waals surface area contributed by atoms with Gasteiger partial charge in [0, 0.05) is 31.4 Å². The highest BCUT2D eigenvalue weighted by Crippen LogP contribution is 2.35. The SMILES string of the molecule is CN(C)CCNc1nccc(-c2[nH]c(C3OCC(C)(C(=O)NCc4ccccc4)CO3)nc2-c2ccc(F)cc2)n1. The minimum Gasteiger partial charge on any atom is -0.353 e. The minimum atomic E-state index is -0.861. The van der Waals surface area contributed by atoms with Crippen molar-refractivity contribution < 1.29 is 18.7 Å². The van der Waals surface area contributed by atoms with Gasteiger partial charge in [0.05, 0.1) is 35.7 Å². The molecule has 3 N–H and O–H groups in total. The molecule has 1 saturated heterocycles. The summed E-state index contributed by atoms with van der Waals surface area (Å²) in [7, 11) is 3.99. The van der Waals surface area contributed by atoms with Crippen molar-refractivity contribution in [3.63, 3.8) is 0 Å². The average molecular weight is 560 g/mol. The number of halogens is 1. The van der Waals surface area contributed by atoms with E-state index in [1.807, 2.05) is 51.4 Å². The van der Waals surface area contributed by atoms with Gasteiger partial charge in [-0.3, -0.25) is 4.79 Å². The Kier molecular flexibility index (Phi) is 8.67. The monoisotopic (exact) mass is 559 g/mol. The second-order valence-corrected chi connectivity index (χ2v) is 10.5. The van der Waals surface area contributed by atoms with Crippen LogP contribution in [0.15, 0.2) is 66.9 Å². The van der Waals surface area contributed by atoms with Gasteiger partial charge >= 0.3 is 0 Å². The zero-order chi connectivity index (χ0) is 28.8. The van der Waals surface area contributed by atoms with Crippen LogP contribution in [0.3, 0.4) is 0 Å². The molecule has 0 aliphatic carbocycles. The molecule has 10 nitrogen and oxygen atoms in total. The van der Waals surface area contributed by atoms with Gasteiger partial charge in [0.25, 0.3) is 0 Å². The number of hydrogen-bond acceptors (Lipinski definition) is 8. The molecule has 1 fully saturated rings. The molecule has 5 rings (SSSR count). The van der Waals surface area contributed by atoms with Gasteiger partial charge in [-0.25, -0.2) is 19.3 Å². The van der Waals surface area contributed by atoms with Gasteiger partial charge in [-0.15, -0.1) is 0 Å². The van der Waals surface area contributed by atoms with Crippen molar-refractivity contribution in [2.75, 3.05) is 45.7 Å². The molecule has 1 aliphatic rings. The quantitative estimate of drug-likeness (QED) is 0.267. The van der Waals surface area contributed by atoms with Crippen molar-refractivity contribution in [3.8, 4) is 22.6 Å². The summed E-state index contributed by atoms with van der Waals surface area (Å²) in [6.45, 7) is 4.03. The van der Waals surface area contributed by atoms with Crippen molar-refractivity contribution in [3.05, 3.63) is 84.1 Å². The number of carbonyl (C=O) groups excluding carboxylic acids is 1. The molecule has 1 amide bonds. The lowest BCUT2D eigenvalue weighted by Crippen LogP contribution is -2.48. The summed E-state index contributed by atoms with van der Waals surface area (Å²) in [4.78, 5) is 32.1. The first-order valence-electron chi connectivity index (χ1n) is 13.4. The van der Waals surface area contributed by atoms with E-state index < -0.39 is 11.7 Å². The first kappa shape index (κ1) is 28.3. The summed E-state index contributed by atoms with van der Waals surface area (Å²) in [6.07, 6.45) is 0.847. The lowest BCUT2D eigenvalue weighted by atomic mass is 9.91. The topological polar surface area (TPSA) is 117 Å². The first-order valence-corrected chi connectivity index (χ1v) is 13.4. The van der Waals surface area contributed by atoms with E-state index >= 15 is 0 Å². The Morgan fingerprint density at radius 1 is 1.07 bits per heavy atom. The maximum atomic E-state index is 13.7. The van der Waals surface area contributed by atoms with E-state index in [9.17, 15) is 9.18 Å². The number of nitrogens with zero attached hydrogens (tertiary/aromatic N) is 4. The largest absolute Gasteiger partial charge is 0.353 e. The number of rotatable bonds is 10. The van der Waals surface area contributed by atoms with Gasteiger partial charge in [-0.05, 0) is 56.9 Å². The van der Waals surface area contributed by atoms with Crippen LogP contribution in [-0.4, -0.2) is 71.1 Å². The fourth-order valence-corrected chi connectivity index (χ4v) is 4.37. The van der Waals surface area contributed by atoms with Gasteiger partial charge < -0.3 is 30.0 Å². The number of aromatic nitrogens is 4. The Morgan fingerprint density at radius 3 is 2.51 bits per heavy atom. The number of H-pyrrole nitrogens is 1. The van der Waals surface area contributed by atoms with Crippen LogP contribution in [0, 0.1) is 11.2 Å². The van der Waals surface area contributed by atoms with Crippen LogP contribution in [0.5, 0.6) is 0 Å². The lowest BCUT2D eigenvalue weighted by molar-refractivity contribution is -0.231. The van der Waals surface area contributed by atoms with E-state index in [0.717, 1.165) is 12.1 Å². The summed E-state index contributed by atoms with van der Waals surface area (Å²) < 4.78 is 25.8. The zero-order valence-electron chi connectivity index (χ0n) is 23.4. The fourth-order valence-electron chi connectivity index (χ4n) is 4.37. The van der Waals surface area contributed by atoms with Gasteiger partial charge in [-0.2, -0.15) is 0 Å². The summed E-state index contributed by atoms with van der Waals surface area (Å²) in [5.41, 5.74) is 2.64. The van der Waals surface area contributed by atoms with E-state index in [4.69, 9.17) is 14.5 Å². The number of carbonyl (C=O) groups is 1. The molecule has 0 unspecified atom stereocenters. The molecule has 11 heteroatoms. The third-order valence-corrected chi connectivity index (χ3v) is 6.77. The minimum absolute atomic E-state index is 0.146. The normalized spacial score (nSPS) is 18.8. The van der Waals surface area contributed by atoms with Crippen LogP contribution >= 0.6 is 0 Å². The Labute approximate surface area is 238 Å². The van der Waals surface area contributed by atoms with E-state index in [2.05, 4.69) is 30.5 Å². The Balaban J connectivity index is 1.34. The van der Waals surface area contributed by atoms with Crippen LogP contribution in [0.25, 0.3) is 22.6 Å². The highest BCUT2D eigenvalue weighted by Gasteiger charge is 2.40. The van der Waals surface area contributed by atoms with Crippen molar-refractivity contribution in [1.82, 2.24) is 30.2 Å². The Bertz CT molecular complexity index is 1450. The molecule has 0 radical (unpaired) electrons. The summed E-state index contributed by atoms with van der Waals surface area (Å²) in [5, 5.41) is 6.20. The van der Waals surface area contributed by atoms with Crippen molar-refractivity contribution in [2.45, 2.75) is 19.8 Å². The smallest absolute Gasteiger partial charge is 0.230 e. The van der Waals surface area contributed by atoms with Crippen molar-refractivity contribution in [2.24, 2.45) is 5.41 Å². The molecule has 214 valence electrons. The number of hydrogen-bond donors (Lipinski definition) is 3. The van der Waals surface area contributed by atoms with Gasteiger partial charge in [0.2, 0.25) is 18.1 Å². The van der Waals surface area contributed by atoms with Crippen LogP contribution in [0.1, 0.15) is 24.6 Å². The maximum Gasteiger partial charge on any atom is 0.230 e. The Morgan fingerprint density at radius 2 is 1.80 bits per heavy atom. The summed E-state index contributed by atoms with van der Waals surface area (Å²) in [6, 6.07) is 17.6. The molecular formula is C30H34FN7O3. The second-order valence-electron chi connectivity index (χ2n) is 10.5. The number of ether oxygens (including phenoxy) is 2. The molecule has 1 aliphatic heterocycles. The third-order valence-electron chi connectivity index (χ3n) is 6.77. The van der Waals surface area contributed by atoms with Crippen LogP contribution < -0.4 is 10.6 Å². The van der Waals surface area contributed by atoms with Gasteiger partial charge in [-0.1, -0.05) is 30.3 Å². The lowest BCUT2D eigenvalue weighted by Gasteiger charge is -2.35. The number of amides is 1. The molecule has 2 aromatic carbocycles. The number of anilines is 1. The highest BCUT2D eigenvalue weighted by atomic mass is 19.1. The average Bonchev–Trinajstić information content (AvgIpc) is 3.43.